The number of nitrogens with one attached hydrogen (secondary N) is 2. The lowest BCUT2D eigenvalue weighted by Crippen LogP contribution is -2.44. The van der Waals surface area contributed by atoms with Gasteiger partial charge in [-0.2, -0.15) is 5.10 Å². The van der Waals surface area contributed by atoms with Crippen LogP contribution < -0.4 is 15.4 Å². The lowest BCUT2D eigenvalue weighted by atomic mass is 10.0. The van der Waals surface area contributed by atoms with Crippen LogP contribution in [0.25, 0.3) is 0 Å². The van der Waals surface area contributed by atoms with Gasteiger partial charge in [-0.15, -0.1) is 0 Å². The number of aromatic nitrogens is 2. The second-order valence-corrected chi connectivity index (χ2v) is 6.02. The summed E-state index contributed by atoms with van der Waals surface area (Å²) in [5.41, 5.74) is 3.25. The number of carbonyl (C=O) groups excluding carboxylic acids is 1. The third-order valence-electron chi connectivity index (χ3n) is 4.36. The lowest BCUT2D eigenvalue weighted by molar-refractivity contribution is 0.222. The number of amides is 2. The van der Waals surface area contributed by atoms with Crippen LogP contribution in [0, 0.1) is 0 Å². The summed E-state index contributed by atoms with van der Waals surface area (Å²) < 4.78 is 7.46. The molecule has 2 aromatic rings. The van der Waals surface area contributed by atoms with Gasteiger partial charge >= 0.3 is 6.03 Å². The molecule has 2 heterocycles. The summed E-state index contributed by atoms with van der Waals surface area (Å²) in [5, 5.41) is 10.4. The number of anilines is 1. The number of benzene rings is 1. The molecular weight excluding hydrogens is 304 g/mol. The van der Waals surface area contributed by atoms with Gasteiger partial charge in [-0.05, 0) is 30.9 Å². The number of rotatable bonds is 4. The molecule has 0 aliphatic carbocycles. The predicted octanol–water partition coefficient (Wildman–Crippen LogP) is 2.67. The highest BCUT2D eigenvalue weighted by atomic mass is 16.5. The average Bonchev–Trinajstić information content (AvgIpc) is 2.89. The Hall–Kier alpha value is -2.50. The normalized spacial score (nSPS) is 16.2. The first kappa shape index (κ1) is 16.4. The maximum atomic E-state index is 12.4. The SMILES string of the molecule is CCc1nn(C)c(NC(=O)NC2COc3ccccc3C2)c1CC. The lowest BCUT2D eigenvalue weighted by Gasteiger charge is -2.26. The Labute approximate surface area is 142 Å². The Morgan fingerprint density at radius 3 is 2.88 bits per heavy atom. The van der Waals surface area contributed by atoms with Crippen molar-refractivity contribution in [2.24, 2.45) is 7.05 Å². The zero-order chi connectivity index (χ0) is 17.1. The predicted molar refractivity (Wildman–Crippen MR) is 93.5 cm³/mol. The maximum absolute atomic E-state index is 12.4. The summed E-state index contributed by atoms with van der Waals surface area (Å²) in [6.07, 6.45) is 2.47. The maximum Gasteiger partial charge on any atom is 0.320 e. The van der Waals surface area contributed by atoms with Gasteiger partial charge in [0.1, 0.15) is 18.2 Å². The van der Waals surface area contributed by atoms with Gasteiger partial charge in [0.25, 0.3) is 0 Å². The van der Waals surface area contributed by atoms with Crippen LogP contribution in [0.3, 0.4) is 0 Å². The molecule has 0 spiro atoms. The number of hydrogen-bond acceptors (Lipinski definition) is 3. The van der Waals surface area contributed by atoms with E-state index in [-0.39, 0.29) is 12.1 Å². The van der Waals surface area contributed by atoms with Crippen LogP contribution in [-0.2, 0) is 26.3 Å². The van der Waals surface area contributed by atoms with E-state index in [9.17, 15) is 4.79 Å². The molecule has 0 saturated carbocycles. The van der Waals surface area contributed by atoms with Crippen molar-refractivity contribution in [3.05, 3.63) is 41.1 Å². The summed E-state index contributed by atoms with van der Waals surface area (Å²) in [7, 11) is 1.86. The fourth-order valence-corrected chi connectivity index (χ4v) is 3.19. The number of ether oxygens (including phenoxy) is 1. The first-order valence-corrected chi connectivity index (χ1v) is 8.45. The molecule has 2 N–H and O–H groups in total. The first-order chi connectivity index (χ1) is 11.6. The Kier molecular flexibility index (Phi) is 4.74. The highest BCUT2D eigenvalue weighted by Crippen LogP contribution is 2.24. The van der Waals surface area contributed by atoms with Crippen molar-refractivity contribution in [2.75, 3.05) is 11.9 Å². The van der Waals surface area contributed by atoms with Gasteiger partial charge in [-0.25, -0.2) is 4.79 Å². The highest BCUT2D eigenvalue weighted by Gasteiger charge is 2.22. The molecule has 1 aromatic heterocycles. The molecule has 0 saturated heterocycles. The fraction of sp³-hybridized carbons (Fsp3) is 0.444. The van der Waals surface area contributed by atoms with Gasteiger partial charge in [0, 0.05) is 12.6 Å². The third-order valence-corrected chi connectivity index (χ3v) is 4.36. The van der Waals surface area contributed by atoms with Gasteiger partial charge < -0.3 is 10.1 Å². The Bertz CT molecular complexity index is 739. The Morgan fingerprint density at radius 1 is 1.33 bits per heavy atom. The van der Waals surface area contributed by atoms with E-state index in [1.807, 2.05) is 31.3 Å². The van der Waals surface area contributed by atoms with Crippen molar-refractivity contribution in [1.29, 1.82) is 0 Å². The molecule has 1 atom stereocenters. The summed E-state index contributed by atoms with van der Waals surface area (Å²) >= 11 is 0. The second-order valence-electron chi connectivity index (χ2n) is 6.02. The quantitative estimate of drug-likeness (QED) is 0.907. The van der Waals surface area contributed by atoms with E-state index in [0.717, 1.165) is 47.7 Å². The molecule has 2 amide bonds. The Balaban J connectivity index is 1.66. The first-order valence-electron chi connectivity index (χ1n) is 8.45. The van der Waals surface area contributed by atoms with Crippen LogP contribution in [0.15, 0.2) is 24.3 Å². The molecule has 0 radical (unpaired) electrons. The smallest absolute Gasteiger partial charge is 0.320 e. The van der Waals surface area contributed by atoms with Gasteiger partial charge in [0.05, 0.1) is 11.7 Å². The molecule has 1 aromatic carbocycles. The average molecular weight is 328 g/mol. The third kappa shape index (κ3) is 3.22. The van der Waals surface area contributed by atoms with Crippen molar-refractivity contribution < 1.29 is 9.53 Å². The van der Waals surface area contributed by atoms with Crippen molar-refractivity contribution in [1.82, 2.24) is 15.1 Å². The topological polar surface area (TPSA) is 68.2 Å². The number of fused-ring (bicyclic) bond motifs is 1. The molecule has 6 nitrogen and oxygen atoms in total. The minimum atomic E-state index is -0.219. The largest absolute Gasteiger partial charge is 0.491 e. The van der Waals surface area contributed by atoms with Crippen LogP contribution in [0.2, 0.25) is 0 Å². The van der Waals surface area contributed by atoms with Crippen LogP contribution in [-0.4, -0.2) is 28.5 Å². The molecule has 128 valence electrons. The molecule has 24 heavy (non-hydrogen) atoms. The number of para-hydroxylation sites is 1. The second kappa shape index (κ2) is 6.95. The number of hydrogen-bond donors (Lipinski definition) is 2. The van der Waals surface area contributed by atoms with E-state index in [1.165, 1.54) is 0 Å². The molecule has 1 aliphatic heterocycles. The standard InChI is InChI=1S/C18H24N4O2/c1-4-14-15(5-2)21-22(3)17(14)20-18(23)19-13-10-12-8-6-7-9-16(12)24-11-13/h6-9,13H,4-5,10-11H2,1-3H3,(H2,19,20,23). The van der Waals surface area contributed by atoms with Crippen LogP contribution in [0.5, 0.6) is 5.75 Å². The number of urea groups is 1. The highest BCUT2D eigenvalue weighted by molar-refractivity contribution is 5.89. The van der Waals surface area contributed by atoms with Crippen molar-refractivity contribution in [3.63, 3.8) is 0 Å². The zero-order valence-electron chi connectivity index (χ0n) is 14.4. The molecule has 1 aliphatic rings. The van der Waals surface area contributed by atoms with E-state index in [1.54, 1.807) is 4.68 Å². The fourth-order valence-electron chi connectivity index (χ4n) is 3.19. The molecule has 1 unspecified atom stereocenters. The van der Waals surface area contributed by atoms with Gasteiger partial charge in [-0.3, -0.25) is 10.00 Å². The summed E-state index contributed by atoms with van der Waals surface area (Å²) in [6.45, 7) is 4.63. The van der Waals surface area contributed by atoms with E-state index >= 15 is 0 Å². The molecule has 6 heteroatoms. The summed E-state index contributed by atoms with van der Waals surface area (Å²) in [5.74, 6) is 1.67. The van der Waals surface area contributed by atoms with Gasteiger partial charge in [0.15, 0.2) is 0 Å². The zero-order valence-corrected chi connectivity index (χ0v) is 14.4. The van der Waals surface area contributed by atoms with E-state index < -0.39 is 0 Å². The van der Waals surface area contributed by atoms with Crippen molar-refractivity contribution in [3.8, 4) is 5.75 Å². The number of nitrogens with zero attached hydrogens (tertiary/aromatic N) is 2. The summed E-state index contributed by atoms with van der Waals surface area (Å²) in [4.78, 5) is 12.4. The van der Waals surface area contributed by atoms with E-state index in [4.69, 9.17) is 4.74 Å². The summed E-state index contributed by atoms with van der Waals surface area (Å²) in [6, 6.07) is 7.68. The van der Waals surface area contributed by atoms with Gasteiger partial charge in [-0.1, -0.05) is 32.0 Å². The van der Waals surface area contributed by atoms with Crippen molar-refractivity contribution >= 4 is 11.8 Å². The molecule has 0 bridgehead atoms. The van der Waals surface area contributed by atoms with E-state index in [2.05, 4.69) is 29.6 Å². The van der Waals surface area contributed by atoms with Crippen LogP contribution >= 0.6 is 0 Å². The van der Waals surface area contributed by atoms with Crippen LogP contribution in [0.1, 0.15) is 30.7 Å². The van der Waals surface area contributed by atoms with Crippen LogP contribution in [0.4, 0.5) is 10.6 Å². The Morgan fingerprint density at radius 2 is 2.12 bits per heavy atom. The van der Waals surface area contributed by atoms with Crippen molar-refractivity contribution in [2.45, 2.75) is 39.2 Å². The monoisotopic (exact) mass is 328 g/mol. The molecule has 0 fully saturated rings. The molecule has 3 rings (SSSR count). The van der Waals surface area contributed by atoms with Gasteiger partial charge in [0.2, 0.25) is 0 Å². The van der Waals surface area contributed by atoms with E-state index in [0.29, 0.717) is 6.61 Å². The minimum Gasteiger partial charge on any atom is -0.491 e. The number of aryl methyl sites for hydroxylation is 2. The minimum absolute atomic E-state index is 0.0381. The molecular formula is C18H24N4O2. The number of carbonyl (C=O) groups is 1.